The van der Waals surface area contributed by atoms with Gasteiger partial charge in [-0.05, 0) is 36.4 Å². The quantitative estimate of drug-likeness (QED) is 0.725. The van der Waals surface area contributed by atoms with Crippen LogP contribution in [0.4, 0.5) is 4.39 Å². The number of benzene rings is 2. The number of carbonyl (C=O) groups excluding carboxylic acids is 1. The first-order valence-electron chi connectivity index (χ1n) is 6.28. The summed E-state index contributed by atoms with van der Waals surface area (Å²) in [5, 5.41) is 16.2. The summed E-state index contributed by atoms with van der Waals surface area (Å²) in [6, 6.07) is 11.8. The molecule has 5 heteroatoms. The molecular weight excluding hydrogens is 271 g/mol. The van der Waals surface area contributed by atoms with Crippen LogP contribution in [0.2, 0.25) is 0 Å². The topological polar surface area (TPSA) is 66.0 Å². The maximum absolute atomic E-state index is 13.0. The molecule has 4 nitrogen and oxygen atoms in total. The van der Waals surface area contributed by atoms with Gasteiger partial charge in [-0.1, -0.05) is 12.1 Å². The molecule has 0 atom stereocenters. The van der Waals surface area contributed by atoms with Crippen molar-refractivity contribution in [1.82, 2.24) is 10.2 Å². The molecule has 0 radical (unpaired) electrons. The fraction of sp³-hybridized carbons (Fsp3) is 0. The monoisotopic (exact) mass is 282 g/mol. The minimum atomic E-state index is -0.352. The van der Waals surface area contributed by atoms with E-state index in [-0.39, 0.29) is 17.3 Å². The number of hydrogen-bond acceptors (Lipinski definition) is 3. The van der Waals surface area contributed by atoms with Gasteiger partial charge < -0.3 is 5.11 Å². The van der Waals surface area contributed by atoms with E-state index in [4.69, 9.17) is 0 Å². The second-order valence-corrected chi connectivity index (χ2v) is 4.53. The van der Waals surface area contributed by atoms with Crippen molar-refractivity contribution in [3.05, 3.63) is 71.7 Å². The molecule has 21 heavy (non-hydrogen) atoms. The van der Waals surface area contributed by atoms with Gasteiger partial charge in [-0.3, -0.25) is 9.89 Å². The minimum absolute atomic E-state index is 0.0210. The Hall–Kier alpha value is -2.95. The Bertz CT molecular complexity index is 794. The number of nitrogens with zero attached hydrogens (tertiary/aromatic N) is 1. The summed E-state index contributed by atoms with van der Waals surface area (Å²) in [5.74, 6) is -0.596. The first-order chi connectivity index (χ1) is 10.1. The lowest BCUT2D eigenvalue weighted by Crippen LogP contribution is -2.01. The van der Waals surface area contributed by atoms with Crippen molar-refractivity contribution >= 4 is 5.78 Å². The molecule has 3 aromatic rings. The summed E-state index contributed by atoms with van der Waals surface area (Å²) in [5.41, 5.74) is 1.82. The van der Waals surface area contributed by atoms with Gasteiger partial charge in [0.05, 0.1) is 5.56 Å². The van der Waals surface area contributed by atoms with E-state index in [1.165, 1.54) is 30.5 Å². The Morgan fingerprint density at radius 3 is 2.62 bits per heavy atom. The van der Waals surface area contributed by atoms with Gasteiger partial charge in [-0.25, -0.2) is 4.39 Å². The number of rotatable bonds is 3. The molecule has 0 fully saturated rings. The highest BCUT2D eigenvalue weighted by Gasteiger charge is 2.17. The highest BCUT2D eigenvalue weighted by atomic mass is 19.1. The van der Waals surface area contributed by atoms with Crippen molar-refractivity contribution in [2.75, 3.05) is 0 Å². The molecule has 2 N–H and O–H groups in total. The van der Waals surface area contributed by atoms with Crippen LogP contribution in [0.1, 0.15) is 15.9 Å². The number of aromatic hydroxyl groups is 1. The van der Waals surface area contributed by atoms with Crippen molar-refractivity contribution in [1.29, 1.82) is 0 Å². The zero-order valence-corrected chi connectivity index (χ0v) is 10.9. The maximum Gasteiger partial charge on any atom is 0.196 e. The molecule has 0 aliphatic rings. The van der Waals surface area contributed by atoms with E-state index < -0.39 is 0 Å². The van der Waals surface area contributed by atoms with Gasteiger partial charge >= 0.3 is 0 Å². The summed E-state index contributed by atoms with van der Waals surface area (Å²) in [7, 11) is 0. The summed E-state index contributed by atoms with van der Waals surface area (Å²) in [4.78, 5) is 12.5. The number of H-pyrrole nitrogens is 1. The first-order valence-corrected chi connectivity index (χ1v) is 6.28. The van der Waals surface area contributed by atoms with Crippen molar-refractivity contribution in [2.45, 2.75) is 0 Å². The molecule has 0 spiro atoms. The molecule has 1 heterocycles. The van der Waals surface area contributed by atoms with Crippen LogP contribution in [0.5, 0.6) is 5.75 Å². The molecule has 0 amide bonds. The number of ketones is 1. The summed E-state index contributed by atoms with van der Waals surface area (Å²) in [6.45, 7) is 0. The van der Waals surface area contributed by atoms with Crippen molar-refractivity contribution in [2.24, 2.45) is 0 Å². The third-order valence-corrected chi connectivity index (χ3v) is 3.11. The van der Waals surface area contributed by atoms with Crippen LogP contribution in [-0.4, -0.2) is 21.1 Å². The Morgan fingerprint density at radius 1 is 1.14 bits per heavy atom. The van der Waals surface area contributed by atoms with E-state index >= 15 is 0 Å². The van der Waals surface area contributed by atoms with E-state index in [9.17, 15) is 14.3 Å². The lowest BCUT2D eigenvalue weighted by molar-refractivity contribution is 0.103. The number of nitrogens with one attached hydrogen (secondary N) is 1. The number of hydrogen-bond donors (Lipinski definition) is 2. The number of phenolic OH excluding ortho intramolecular Hbond substituents is 1. The normalized spacial score (nSPS) is 10.5. The molecule has 2 aromatic carbocycles. The predicted molar refractivity (Wildman–Crippen MR) is 75.5 cm³/mol. The van der Waals surface area contributed by atoms with Gasteiger partial charge in [0.1, 0.15) is 17.3 Å². The average Bonchev–Trinajstić information content (AvgIpc) is 2.96. The van der Waals surface area contributed by atoms with Crippen LogP contribution in [0.3, 0.4) is 0 Å². The maximum atomic E-state index is 13.0. The number of phenols is 1. The van der Waals surface area contributed by atoms with Crippen LogP contribution in [-0.2, 0) is 0 Å². The summed E-state index contributed by atoms with van der Waals surface area (Å²) in [6.07, 6.45) is 1.49. The largest absolute Gasteiger partial charge is 0.508 e. The fourth-order valence-electron chi connectivity index (χ4n) is 2.09. The number of aromatic nitrogens is 2. The van der Waals surface area contributed by atoms with Gasteiger partial charge in [0.2, 0.25) is 0 Å². The van der Waals surface area contributed by atoms with Gasteiger partial charge in [-0.15, -0.1) is 0 Å². The molecule has 0 aliphatic carbocycles. The summed E-state index contributed by atoms with van der Waals surface area (Å²) < 4.78 is 13.0. The zero-order chi connectivity index (χ0) is 14.8. The van der Waals surface area contributed by atoms with Gasteiger partial charge in [0, 0.05) is 17.3 Å². The molecule has 0 aliphatic heterocycles. The van der Waals surface area contributed by atoms with E-state index in [1.807, 2.05) is 0 Å². The molecule has 0 saturated carbocycles. The van der Waals surface area contributed by atoms with E-state index in [0.29, 0.717) is 22.4 Å². The number of aromatic amines is 1. The van der Waals surface area contributed by atoms with Crippen LogP contribution in [0.25, 0.3) is 11.3 Å². The number of carbonyl (C=O) groups is 1. The Kier molecular flexibility index (Phi) is 3.23. The second-order valence-electron chi connectivity index (χ2n) is 4.53. The van der Waals surface area contributed by atoms with Crippen LogP contribution < -0.4 is 0 Å². The third-order valence-electron chi connectivity index (χ3n) is 3.11. The third kappa shape index (κ3) is 2.53. The molecule has 3 rings (SSSR count). The predicted octanol–water partition coefficient (Wildman–Crippen LogP) is 3.15. The molecule has 1 aromatic heterocycles. The van der Waals surface area contributed by atoms with Gasteiger partial charge in [0.15, 0.2) is 5.78 Å². The zero-order valence-electron chi connectivity index (χ0n) is 10.9. The summed E-state index contributed by atoms with van der Waals surface area (Å²) >= 11 is 0. The molecule has 0 saturated heterocycles. The molecule has 0 bridgehead atoms. The smallest absolute Gasteiger partial charge is 0.196 e. The Balaban J connectivity index is 2.03. The standard InChI is InChI=1S/C16H11FN2O2/c17-12-6-4-10(5-7-12)15-14(9-18-19-15)16(21)11-2-1-3-13(20)8-11/h1-9,20H,(H,18,19). The minimum Gasteiger partial charge on any atom is -0.508 e. The first kappa shape index (κ1) is 13.1. The van der Waals surface area contributed by atoms with E-state index in [1.54, 1.807) is 24.3 Å². The van der Waals surface area contributed by atoms with Crippen molar-refractivity contribution in [3.8, 4) is 17.0 Å². The van der Waals surface area contributed by atoms with Crippen molar-refractivity contribution < 1.29 is 14.3 Å². The molecular formula is C16H11FN2O2. The van der Waals surface area contributed by atoms with E-state index in [2.05, 4.69) is 10.2 Å². The van der Waals surface area contributed by atoms with Gasteiger partial charge in [-0.2, -0.15) is 5.10 Å². The SMILES string of the molecule is O=C(c1cccc(O)c1)c1c[nH]nc1-c1ccc(F)cc1. The highest BCUT2D eigenvalue weighted by molar-refractivity contribution is 6.12. The fourth-order valence-corrected chi connectivity index (χ4v) is 2.09. The van der Waals surface area contributed by atoms with Crippen LogP contribution in [0, 0.1) is 5.82 Å². The highest BCUT2D eigenvalue weighted by Crippen LogP contribution is 2.24. The van der Waals surface area contributed by atoms with Crippen molar-refractivity contribution in [3.63, 3.8) is 0 Å². The average molecular weight is 282 g/mol. The number of halogens is 1. The Labute approximate surface area is 119 Å². The lowest BCUT2D eigenvalue weighted by atomic mass is 10.0. The Morgan fingerprint density at radius 2 is 1.90 bits per heavy atom. The van der Waals surface area contributed by atoms with Gasteiger partial charge in [0.25, 0.3) is 0 Å². The molecule has 0 unspecified atom stereocenters. The van der Waals surface area contributed by atoms with Crippen LogP contribution >= 0.6 is 0 Å². The lowest BCUT2D eigenvalue weighted by Gasteiger charge is -2.03. The van der Waals surface area contributed by atoms with Crippen LogP contribution in [0.15, 0.2) is 54.7 Å². The molecule has 104 valence electrons. The van der Waals surface area contributed by atoms with E-state index in [0.717, 1.165) is 0 Å². The second kappa shape index (κ2) is 5.20.